The van der Waals surface area contributed by atoms with Gasteiger partial charge in [-0.3, -0.25) is 4.79 Å². The van der Waals surface area contributed by atoms with Crippen molar-refractivity contribution < 1.29 is 18.7 Å². The van der Waals surface area contributed by atoms with Crippen LogP contribution in [-0.2, 0) is 6.54 Å². The van der Waals surface area contributed by atoms with E-state index in [0.29, 0.717) is 17.1 Å². The molecule has 0 aliphatic heterocycles. The Morgan fingerprint density at radius 3 is 2.41 bits per heavy atom. The summed E-state index contributed by atoms with van der Waals surface area (Å²) in [7, 11) is 0. The van der Waals surface area contributed by atoms with Crippen molar-refractivity contribution in [3.05, 3.63) is 76.3 Å². The Balaban J connectivity index is 1.92. The minimum Gasteiger partial charge on any atom is -0.395 e. The lowest BCUT2D eigenvalue weighted by Gasteiger charge is -2.21. The largest absolute Gasteiger partial charge is 0.395 e. The predicted octanol–water partition coefficient (Wildman–Crippen LogP) is 4.03. The Bertz CT molecular complexity index is 924. The lowest BCUT2D eigenvalue weighted by Crippen LogP contribution is -2.33. The fourth-order valence-electron chi connectivity index (χ4n) is 2.72. The summed E-state index contributed by atoms with van der Waals surface area (Å²) in [5.74, 6) is -1.77. The van der Waals surface area contributed by atoms with Gasteiger partial charge in [-0.2, -0.15) is 0 Å². The van der Waals surface area contributed by atoms with E-state index in [-0.39, 0.29) is 29.6 Å². The summed E-state index contributed by atoms with van der Waals surface area (Å²) in [6.45, 7) is 1.91. The Kier molecular flexibility index (Phi) is 5.93. The van der Waals surface area contributed by atoms with Crippen molar-refractivity contribution in [3.8, 4) is 10.6 Å². The van der Waals surface area contributed by atoms with Crippen molar-refractivity contribution in [3.63, 3.8) is 0 Å². The van der Waals surface area contributed by atoms with E-state index in [1.165, 1.54) is 11.0 Å². The van der Waals surface area contributed by atoms with E-state index in [9.17, 15) is 18.7 Å². The predicted molar refractivity (Wildman–Crippen MR) is 100 cm³/mol. The van der Waals surface area contributed by atoms with E-state index in [1.807, 2.05) is 30.3 Å². The SMILES string of the molecule is Cc1nc(-c2c(F)cccc2F)sc1C(=O)N(CCO)Cc1ccccc1. The maximum absolute atomic E-state index is 14.0. The minimum absolute atomic E-state index is 0.120. The van der Waals surface area contributed by atoms with Gasteiger partial charge in [-0.1, -0.05) is 36.4 Å². The molecule has 1 amide bonds. The number of benzene rings is 2. The smallest absolute Gasteiger partial charge is 0.266 e. The van der Waals surface area contributed by atoms with Crippen molar-refractivity contribution in [1.29, 1.82) is 0 Å². The first-order chi connectivity index (χ1) is 13.0. The van der Waals surface area contributed by atoms with Gasteiger partial charge in [-0.05, 0) is 24.6 Å². The molecule has 0 aliphatic carbocycles. The van der Waals surface area contributed by atoms with Gasteiger partial charge in [-0.15, -0.1) is 11.3 Å². The van der Waals surface area contributed by atoms with Gasteiger partial charge in [0.1, 0.15) is 21.5 Å². The number of halogens is 2. The van der Waals surface area contributed by atoms with Crippen LogP contribution in [-0.4, -0.2) is 34.0 Å². The normalized spacial score (nSPS) is 10.8. The molecule has 1 aromatic heterocycles. The lowest BCUT2D eigenvalue weighted by atomic mass is 10.2. The fourth-order valence-corrected chi connectivity index (χ4v) is 3.81. The van der Waals surface area contributed by atoms with Gasteiger partial charge < -0.3 is 10.0 Å². The molecule has 0 atom stereocenters. The van der Waals surface area contributed by atoms with Gasteiger partial charge in [0.25, 0.3) is 5.91 Å². The molecule has 2 aromatic carbocycles. The number of hydrogen-bond donors (Lipinski definition) is 1. The first-order valence-electron chi connectivity index (χ1n) is 8.37. The Morgan fingerprint density at radius 2 is 1.78 bits per heavy atom. The second-order valence-electron chi connectivity index (χ2n) is 5.97. The maximum atomic E-state index is 14.0. The van der Waals surface area contributed by atoms with Crippen LogP contribution in [0.1, 0.15) is 20.9 Å². The molecule has 3 aromatic rings. The van der Waals surface area contributed by atoms with Crippen LogP contribution in [0.5, 0.6) is 0 Å². The second kappa shape index (κ2) is 8.37. The molecule has 0 saturated heterocycles. The summed E-state index contributed by atoms with van der Waals surface area (Å²) in [6.07, 6.45) is 0. The Labute approximate surface area is 159 Å². The van der Waals surface area contributed by atoms with Gasteiger partial charge in [0, 0.05) is 13.1 Å². The van der Waals surface area contributed by atoms with Gasteiger partial charge in [0.05, 0.1) is 17.9 Å². The molecule has 3 rings (SSSR count). The van der Waals surface area contributed by atoms with Crippen molar-refractivity contribution >= 4 is 17.2 Å². The summed E-state index contributed by atoms with van der Waals surface area (Å²) < 4.78 is 28.1. The van der Waals surface area contributed by atoms with Gasteiger partial charge >= 0.3 is 0 Å². The molecule has 0 aliphatic rings. The molecular formula is C20H18F2N2O2S. The minimum atomic E-state index is -0.723. The number of aryl methyl sites for hydroxylation is 1. The van der Waals surface area contributed by atoms with Crippen LogP contribution < -0.4 is 0 Å². The van der Waals surface area contributed by atoms with E-state index < -0.39 is 11.6 Å². The number of aliphatic hydroxyl groups excluding tert-OH is 1. The van der Waals surface area contributed by atoms with Crippen LogP contribution in [0.4, 0.5) is 8.78 Å². The first-order valence-corrected chi connectivity index (χ1v) is 9.18. The quantitative estimate of drug-likeness (QED) is 0.694. The number of nitrogens with zero attached hydrogens (tertiary/aromatic N) is 2. The van der Waals surface area contributed by atoms with Crippen LogP contribution in [0.3, 0.4) is 0 Å². The van der Waals surface area contributed by atoms with Gasteiger partial charge in [0.15, 0.2) is 0 Å². The number of aromatic nitrogens is 1. The molecule has 140 valence electrons. The number of carbonyl (C=O) groups is 1. The van der Waals surface area contributed by atoms with Crippen molar-refractivity contribution in [2.24, 2.45) is 0 Å². The summed E-state index contributed by atoms with van der Waals surface area (Å²) in [5.41, 5.74) is 1.09. The highest BCUT2D eigenvalue weighted by Gasteiger charge is 2.24. The molecule has 0 bridgehead atoms. The molecule has 1 heterocycles. The van der Waals surface area contributed by atoms with Gasteiger partial charge in [-0.25, -0.2) is 13.8 Å². The summed E-state index contributed by atoms with van der Waals surface area (Å²) in [6, 6.07) is 13.0. The number of hydrogen-bond acceptors (Lipinski definition) is 4. The van der Waals surface area contributed by atoms with Crippen LogP contribution in [0.2, 0.25) is 0 Å². The molecule has 27 heavy (non-hydrogen) atoms. The summed E-state index contributed by atoms with van der Waals surface area (Å²) in [5, 5.41) is 9.45. The second-order valence-corrected chi connectivity index (χ2v) is 6.97. The topological polar surface area (TPSA) is 53.4 Å². The molecular weight excluding hydrogens is 370 g/mol. The third-order valence-electron chi connectivity index (χ3n) is 4.04. The molecule has 0 saturated carbocycles. The Morgan fingerprint density at radius 1 is 1.11 bits per heavy atom. The van der Waals surface area contributed by atoms with E-state index in [4.69, 9.17) is 0 Å². The fraction of sp³-hybridized carbons (Fsp3) is 0.200. The number of aliphatic hydroxyl groups is 1. The number of carbonyl (C=O) groups excluding carboxylic acids is 1. The highest BCUT2D eigenvalue weighted by Crippen LogP contribution is 2.32. The van der Waals surface area contributed by atoms with E-state index >= 15 is 0 Å². The summed E-state index contributed by atoms with van der Waals surface area (Å²) in [4.78, 5) is 19.0. The Hall–Kier alpha value is -2.64. The van der Waals surface area contributed by atoms with Crippen LogP contribution in [0.25, 0.3) is 10.6 Å². The van der Waals surface area contributed by atoms with Gasteiger partial charge in [0.2, 0.25) is 0 Å². The summed E-state index contributed by atoms with van der Waals surface area (Å²) >= 11 is 0.950. The zero-order chi connectivity index (χ0) is 19.4. The first kappa shape index (κ1) is 19.1. The zero-order valence-electron chi connectivity index (χ0n) is 14.7. The molecule has 0 fully saturated rings. The van der Waals surface area contributed by atoms with Crippen LogP contribution in [0.15, 0.2) is 48.5 Å². The van der Waals surface area contributed by atoms with E-state index in [0.717, 1.165) is 29.0 Å². The number of amides is 1. The van der Waals surface area contributed by atoms with E-state index in [1.54, 1.807) is 6.92 Å². The highest BCUT2D eigenvalue weighted by atomic mass is 32.1. The molecule has 0 spiro atoms. The van der Waals surface area contributed by atoms with Crippen molar-refractivity contribution in [2.75, 3.05) is 13.2 Å². The van der Waals surface area contributed by atoms with E-state index in [2.05, 4.69) is 4.98 Å². The lowest BCUT2D eigenvalue weighted by molar-refractivity contribution is 0.0711. The molecule has 4 nitrogen and oxygen atoms in total. The third kappa shape index (κ3) is 4.20. The van der Waals surface area contributed by atoms with Crippen molar-refractivity contribution in [1.82, 2.24) is 9.88 Å². The number of rotatable bonds is 6. The monoisotopic (exact) mass is 388 g/mol. The third-order valence-corrected chi connectivity index (χ3v) is 5.20. The average Bonchev–Trinajstić information content (AvgIpc) is 3.03. The maximum Gasteiger partial charge on any atom is 0.266 e. The zero-order valence-corrected chi connectivity index (χ0v) is 15.5. The molecule has 0 radical (unpaired) electrons. The highest BCUT2D eigenvalue weighted by molar-refractivity contribution is 7.17. The van der Waals surface area contributed by atoms with Crippen LogP contribution >= 0.6 is 11.3 Å². The van der Waals surface area contributed by atoms with Crippen LogP contribution in [0, 0.1) is 18.6 Å². The number of thiazole rings is 1. The molecule has 7 heteroatoms. The average molecular weight is 388 g/mol. The molecule has 0 unspecified atom stereocenters. The standard InChI is InChI=1S/C20H18F2N2O2S/c1-13-18(27-19(23-13)17-15(21)8-5-9-16(17)22)20(26)24(10-11-25)12-14-6-3-2-4-7-14/h2-9,25H,10-12H2,1H3. The van der Waals surface area contributed by atoms with Crippen molar-refractivity contribution in [2.45, 2.75) is 13.5 Å². The molecule has 1 N–H and O–H groups in total.